The molecule has 0 radical (unpaired) electrons. The van der Waals surface area contributed by atoms with Gasteiger partial charge in [0, 0.05) is 16.8 Å². The van der Waals surface area contributed by atoms with Crippen molar-refractivity contribution in [2.75, 3.05) is 6.61 Å². The lowest BCUT2D eigenvalue weighted by Crippen LogP contribution is -2.28. The van der Waals surface area contributed by atoms with Crippen molar-refractivity contribution in [3.63, 3.8) is 0 Å². The quantitative estimate of drug-likeness (QED) is 0.437. The van der Waals surface area contributed by atoms with Gasteiger partial charge < -0.3 is 14.6 Å². The van der Waals surface area contributed by atoms with Crippen LogP contribution >= 0.6 is 0 Å². The summed E-state index contributed by atoms with van der Waals surface area (Å²) in [6.07, 6.45) is 3.29. The summed E-state index contributed by atoms with van der Waals surface area (Å²) in [5.74, 6) is -1.10. The highest BCUT2D eigenvalue weighted by Crippen LogP contribution is 2.18. The van der Waals surface area contributed by atoms with E-state index in [0.29, 0.717) is 17.9 Å². The Bertz CT molecular complexity index is 1030. The van der Waals surface area contributed by atoms with Crippen LogP contribution in [-0.2, 0) is 11.3 Å². The van der Waals surface area contributed by atoms with Crippen LogP contribution in [0.1, 0.15) is 32.9 Å². The van der Waals surface area contributed by atoms with Gasteiger partial charge in [0.25, 0.3) is 0 Å². The number of nitrogens with zero attached hydrogens (tertiary/aromatic N) is 2. The molecule has 0 N–H and O–H groups in total. The van der Waals surface area contributed by atoms with E-state index in [0.717, 1.165) is 22.5 Å². The Hall–Kier alpha value is -3.67. The monoisotopic (exact) mass is 389 g/mol. The second kappa shape index (κ2) is 9.01. The van der Waals surface area contributed by atoms with E-state index in [2.05, 4.69) is 17.2 Å². The zero-order chi connectivity index (χ0) is 20.8. The molecule has 3 aromatic rings. The largest absolute Gasteiger partial charge is 0.546 e. The first-order valence-corrected chi connectivity index (χ1v) is 9.17. The maximum Gasteiger partial charge on any atom is 0.185 e. The number of ketones is 1. The topological polar surface area (TPSA) is 84.2 Å². The van der Waals surface area contributed by atoms with Crippen LogP contribution in [0, 0.1) is 13.8 Å². The second-order valence-corrected chi connectivity index (χ2v) is 6.61. The molecule has 29 heavy (non-hydrogen) atoms. The van der Waals surface area contributed by atoms with Gasteiger partial charge in [0.15, 0.2) is 5.78 Å². The van der Waals surface area contributed by atoms with Crippen LogP contribution in [0.4, 0.5) is 0 Å². The Balaban J connectivity index is 1.70. The van der Waals surface area contributed by atoms with Gasteiger partial charge in [0.05, 0.1) is 18.2 Å². The third kappa shape index (κ3) is 5.19. The average Bonchev–Trinajstić information content (AvgIpc) is 2.98. The van der Waals surface area contributed by atoms with E-state index in [1.165, 1.54) is 6.08 Å². The number of hydrogen-bond donors (Lipinski definition) is 0. The number of allylic oxidation sites excluding steroid dienone is 1. The lowest BCUT2D eigenvalue weighted by atomic mass is 10.1. The number of aromatic nitrogens is 2. The zero-order valence-corrected chi connectivity index (χ0v) is 16.3. The van der Waals surface area contributed by atoms with Crippen LogP contribution in [0.25, 0.3) is 6.08 Å². The molecule has 3 rings (SSSR count). The highest BCUT2D eigenvalue weighted by molar-refractivity contribution is 6.07. The van der Waals surface area contributed by atoms with Gasteiger partial charge in [-0.25, -0.2) is 0 Å². The zero-order valence-electron chi connectivity index (χ0n) is 16.3. The van der Waals surface area contributed by atoms with Gasteiger partial charge in [-0.15, -0.1) is 0 Å². The molecule has 1 heterocycles. The van der Waals surface area contributed by atoms with Gasteiger partial charge in [-0.3, -0.25) is 9.48 Å². The molecule has 0 saturated carbocycles. The fourth-order valence-electron chi connectivity index (χ4n) is 2.98. The standard InChI is InChI=1S/C23H22N2O4/c1-16-21(17(2)25(24-16)14-18-6-4-3-5-7-18)12-13-22(26)19-8-10-20(11-9-19)29-15-23(27)28/h3-13H,14-15H2,1-2H3,(H,27,28)/p-1/b13-12+. The first-order valence-electron chi connectivity index (χ1n) is 9.17. The van der Waals surface area contributed by atoms with Crippen molar-refractivity contribution in [2.45, 2.75) is 20.4 Å². The van der Waals surface area contributed by atoms with Crippen molar-refractivity contribution in [1.82, 2.24) is 9.78 Å². The predicted molar refractivity (Wildman–Crippen MR) is 108 cm³/mol. The summed E-state index contributed by atoms with van der Waals surface area (Å²) < 4.78 is 6.94. The predicted octanol–water partition coefficient (Wildman–Crippen LogP) is 2.57. The molecule has 2 aromatic carbocycles. The van der Waals surface area contributed by atoms with E-state index in [-0.39, 0.29) is 5.78 Å². The molecule has 0 atom stereocenters. The van der Waals surface area contributed by atoms with Crippen molar-refractivity contribution in [1.29, 1.82) is 0 Å². The van der Waals surface area contributed by atoms with Crippen molar-refractivity contribution < 1.29 is 19.4 Å². The van der Waals surface area contributed by atoms with Gasteiger partial charge in [-0.1, -0.05) is 30.3 Å². The molecule has 0 saturated heterocycles. The number of carbonyl (C=O) groups is 2. The molecule has 0 spiro atoms. The van der Waals surface area contributed by atoms with Crippen LogP contribution < -0.4 is 9.84 Å². The van der Waals surface area contributed by atoms with Crippen molar-refractivity contribution in [3.8, 4) is 5.75 Å². The van der Waals surface area contributed by atoms with Crippen LogP contribution in [0.5, 0.6) is 5.75 Å². The number of carbonyl (C=O) groups excluding carboxylic acids is 2. The number of carboxylic acid groups (broad SMARTS) is 1. The van der Waals surface area contributed by atoms with Gasteiger partial charge >= 0.3 is 0 Å². The Morgan fingerprint density at radius 2 is 1.76 bits per heavy atom. The first kappa shape index (κ1) is 20.1. The Labute approximate surface area is 169 Å². The Morgan fingerprint density at radius 1 is 1.07 bits per heavy atom. The number of carboxylic acids is 1. The maximum absolute atomic E-state index is 12.5. The summed E-state index contributed by atoms with van der Waals surface area (Å²) in [5.41, 5.74) is 4.40. The van der Waals surface area contributed by atoms with E-state index >= 15 is 0 Å². The molecule has 0 aliphatic carbocycles. The smallest absolute Gasteiger partial charge is 0.185 e. The molecule has 0 fully saturated rings. The van der Waals surface area contributed by atoms with E-state index in [1.807, 2.05) is 36.7 Å². The van der Waals surface area contributed by atoms with E-state index in [9.17, 15) is 14.7 Å². The number of ether oxygens (including phenoxy) is 1. The Kier molecular flexibility index (Phi) is 6.24. The molecule has 1 aromatic heterocycles. The molecule has 0 unspecified atom stereocenters. The van der Waals surface area contributed by atoms with E-state index in [4.69, 9.17) is 4.74 Å². The number of benzene rings is 2. The molecule has 0 bridgehead atoms. The molecule has 0 aliphatic heterocycles. The fourth-order valence-corrected chi connectivity index (χ4v) is 2.98. The molecule has 0 aliphatic rings. The summed E-state index contributed by atoms with van der Waals surface area (Å²) in [4.78, 5) is 22.9. The molecule has 148 valence electrons. The minimum absolute atomic E-state index is 0.161. The summed E-state index contributed by atoms with van der Waals surface area (Å²) >= 11 is 0. The van der Waals surface area contributed by atoms with Gasteiger partial charge in [-0.2, -0.15) is 5.10 Å². The van der Waals surface area contributed by atoms with E-state index in [1.54, 1.807) is 30.3 Å². The normalized spacial score (nSPS) is 11.0. The molecular formula is C23H21N2O4-. The van der Waals surface area contributed by atoms with Crippen molar-refractivity contribution in [3.05, 3.63) is 88.8 Å². The Morgan fingerprint density at radius 3 is 2.41 bits per heavy atom. The number of aliphatic carboxylic acids is 1. The fraction of sp³-hybridized carbons (Fsp3) is 0.174. The van der Waals surface area contributed by atoms with E-state index < -0.39 is 12.6 Å². The third-order valence-electron chi connectivity index (χ3n) is 4.51. The third-order valence-corrected chi connectivity index (χ3v) is 4.51. The number of hydrogen-bond acceptors (Lipinski definition) is 5. The summed E-state index contributed by atoms with van der Waals surface area (Å²) in [5, 5.41) is 15.0. The van der Waals surface area contributed by atoms with Gasteiger partial charge in [0.1, 0.15) is 12.4 Å². The highest BCUT2D eigenvalue weighted by Gasteiger charge is 2.10. The molecule has 6 nitrogen and oxygen atoms in total. The summed E-state index contributed by atoms with van der Waals surface area (Å²) in [6, 6.07) is 16.4. The van der Waals surface area contributed by atoms with Gasteiger partial charge in [0.2, 0.25) is 0 Å². The lowest BCUT2D eigenvalue weighted by Gasteiger charge is -2.06. The molecule has 6 heteroatoms. The summed E-state index contributed by atoms with van der Waals surface area (Å²) in [6.45, 7) is 4.04. The second-order valence-electron chi connectivity index (χ2n) is 6.61. The minimum Gasteiger partial charge on any atom is -0.546 e. The van der Waals surface area contributed by atoms with Crippen LogP contribution in [0.2, 0.25) is 0 Å². The van der Waals surface area contributed by atoms with Crippen LogP contribution in [-0.4, -0.2) is 28.1 Å². The minimum atomic E-state index is -1.30. The maximum atomic E-state index is 12.5. The summed E-state index contributed by atoms with van der Waals surface area (Å²) in [7, 11) is 0. The van der Waals surface area contributed by atoms with Gasteiger partial charge in [-0.05, 0) is 55.8 Å². The number of aryl methyl sites for hydroxylation is 1. The molecular weight excluding hydrogens is 368 g/mol. The van der Waals surface area contributed by atoms with Crippen LogP contribution in [0.15, 0.2) is 60.7 Å². The highest BCUT2D eigenvalue weighted by atomic mass is 16.5. The SMILES string of the molecule is Cc1nn(Cc2ccccc2)c(C)c1/C=C/C(=O)c1ccc(OCC(=O)[O-])cc1. The average molecular weight is 389 g/mol. The van der Waals surface area contributed by atoms with Crippen LogP contribution in [0.3, 0.4) is 0 Å². The lowest BCUT2D eigenvalue weighted by molar-refractivity contribution is -0.307. The first-order chi connectivity index (χ1) is 13.9. The molecule has 0 amide bonds. The van der Waals surface area contributed by atoms with Crippen molar-refractivity contribution in [2.24, 2.45) is 0 Å². The van der Waals surface area contributed by atoms with Crippen molar-refractivity contribution >= 4 is 17.8 Å². The number of rotatable bonds is 8.